The van der Waals surface area contributed by atoms with Gasteiger partial charge < -0.3 is 28.4 Å². The van der Waals surface area contributed by atoms with Crippen molar-refractivity contribution in [2.24, 2.45) is 21.7 Å². The minimum absolute atomic E-state index is 0.204. The fourth-order valence-electron chi connectivity index (χ4n) is 4.55. The van der Waals surface area contributed by atoms with Gasteiger partial charge in [-0.05, 0) is 114 Å². The Balaban J connectivity index is 2.81. The zero-order valence-electron chi connectivity index (χ0n) is 32.9. The Hall–Kier alpha value is -3.48. The van der Waals surface area contributed by atoms with Crippen molar-refractivity contribution in [3.63, 3.8) is 0 Å². The van der Waals surface area contributed by atoms with Gasteiger partial charge in [-0.15, -0.1) is 0 Å². The molecule has 0 radical (unpaired) electrons. The van der Waals surface area contributed by atoms with Crippen molar-refractivity contribution in [3.8, 4) is 0 Å². The van der Waals surface area contributed by atoms with Gasteiger partial charge in [0.15, 0.2) is 24.5 Å². The Labute approximate surface area is 313 Å². The minimum Gasteiger partial charge on any atom is -0.463 e. The van der Waals surface area contributed by atoms with Crippen LogP contribution in [0, 0.1) is 21.7 Å². The molecule has 1 aliphatic rings. The summed E-state index contributed by atoms with van der Waals surface area (Å²) < 4.78 is 35.6. The van der Waals surface area contributed by atoms with E-state index >= 15 is 0 Å². The van der Waals surface area contributed by atoms with E-state index in [9.17, 15) is 24.0 Å². The number of rotatable bonds is 12. The van der Waals surface area contributed by atoms with Crippen LogP contribution in [-0.2, 0) is 52.4 Å². The number of hydrogen-bond donors (Lipinski definition) is 1. The number of hydrogen-bond acceptors (Lipinski definition) is 12. The zero-order chi connectivity index (χ0) is 39.8. The van der Waals surface area contributed by atoms with Gasteiger partial charge in [0, 0.05) is 17.1 Å². The van der Waals surface area contributed by atoms with Crippen LogP contribution in [0.25, 0.3) is 0 Å². The highest BCUT2D eigenvalue weighted by Gasteiger charge is 2.55. The third-order valence-corrected chi connectivity index (χ3v) is 7.99. The molecule has 52 heavy (non-hydrogen) atoms. The Morgan fingerprint density at radius 3 is 1.63 bits per heavy atom. The van der Waals surface area contributed by atoms with Crippen molar-refractivity contribution in [2.75, 3.05) is 13.2 Å². The summed E-state index contributed by atoms with van der Waals surface area (Å²) in [4.78, 5) is 65.9. The fraction of sp³-hybridized carbons (Fsp3) is 0.667. The van der Waals surface area contributed by atoms with E-state index in [0.717, 1.165) is 5.56 Å². The van der Waals surface area contributed by atoms with Gasteiger partial charge in [-0.3, -0.25) is 24.5 Å². The molecule has 1 aliphatic heterocycles. The summed E-state index contributed by atoms with van der Waals surface area (Å²) in [6, 6.07) is 6.36. The van der Waals surface area contributed by atoms with Crippen LogP contribution in [0.3, 0.4) is 0 Å². The summed E-state index contributed by atoms with van der Waals surface area (Å²) in [5.41, 5.74) is -3.17. The van der Waals surface area contributed by atoms with Crippen molar-refractivity contribution in [1.82, 2.24) is 5.32 Å². The summed E-state index contributed by atoms with van der Waals surface area (Å²) >= 11 is 6.21. The van der Waals surface area contributed by atoms with Crippen molar-refractivity contribution in [3.05, 3.63) is 47.0 Å². The first kappa shape index (κ1) is 44.7. The van der Waals surface area contributed by atoms with E-state index in [-0.39, 0.29) is 13.0 Å². The van der Waals surface area contributed by atoms with E-state index in [0.29, 0.717) is 5.02 Å². The van der Waals surface area contributed by atoms with Gasteiger partial charge in [0.05, 0.1) is 28.3 Å². The number of esters is 5. The van der Waals surface area contributed by atoms with Crippen LogP contribution in [-0.4, -0.2) is 73.7 Å². The number of nitrogens with one attached hydrogen (secondary N) is 1. The lowest BCUT2D eigenvalue weighted by atomic mass is 9.92. The molecule has 1 N–H and O–H groups in total. The molecule has 0 spiro atoms. The minimum atomic E-state index is -1.42. The molecule has 1 aromatic rings. The molecule has 6 atom stereocenters. The molecule has 1 heterocycles. The lowest BCUT2D eigenvalue weighted by molar-refractivity contribution is -0.266. The van der Waals surface area contributed by atoms with E-state index in [1.54, 1.807) is 120 Å². The van der Waals surface area contributed by atoms with Gasteiger partial charge >= 0.3 is 29.8 Å². The van der Waals surface area contributed by atoms with Crippen molar-refractivity contribution < 1.29 is 52.4 Å². The molecule has 292 valence electrons. The van der Waals surface area contributed by atoms with E-state index in [1.165, 1.54) is 6.08 Å². The largest absolute Gasteiger partial charge is 0.463 e. The van der Waals surface area contributed by atoms with Gasteiger partial charge in [-0.1, -0.05) is 29.8 Å². The summed E-state index contributed by atoms with van der Waals surface area (Å²) in [7, 11) is 0. The number of carbonyl (C=O) groups excluding carboxylic acids is 5. The average Bonchev–Trinajstić information content (AvgIpc) is 3.00. The van der Waals surface area contributed by atoms with Crippen molar-refractivity contribution >= 4 is 41.4 Å². The van der Waals surface area contributed by atoms with Crippen molar-refractivity contribution in [2.45, 2.75) is 133 Å². The highest BCUT2D eigenvalue weighted by Crippen LogP contribution is 2.35. The quantitative estimate of drug-likeness (QED) is 0.138. The number of halogens is 1. The maximum Gasteiger partial charge on any atom is 0.330 e. The van der Waals surface area contributed by atoms with Crippen LogP contribution in [0.1, 0.15) is 108 Å². The maximum absolute atomic E-state index is 13.6. The molecule has 0 saturated carbocycles. The second kappa shape index (κ2) is 18.0. The molecular weight excluding hydrogens is 694 g/mol. The third-order valence-electron chi connectivity index (χ3n) is 7.74. The number of ether oxygens (including phenoxy) is 6. The smallest absolute Gasteiger partial charge is 0.330 e. The van der Waals surface area contributed by atoms with Gasteiger partial charge in [-0.2, -0.15) is 0 Å². The molecule has 1 fully saturated rings. The predicted molar refractivity (Wildman–Crippen MR) is 195 cm³/mol. The maximum atomic E-state index is 13.6. The standard InChI is InChI=1S/C39H58ClNO11/c1-14-47-27(42)17-15-16-25(23-18-20-24(40)21-19-23)41-31-30(52-35(46)39(11,12)13)29(51-34(45)38(8,9)10)28(50-33(44)37(5,6)7)26(49-31)22-48-32(43)36(2,3)4/h15,17-21,25-26,28-31,41H,14,16,22H2,1-13H3/b17-15+/t25-,26?,28-,29?,30?,31+/m0/s1. The Kier molecular flexibility index (Phi) is 15.5. The lowest BCUT2D eigenvalue weighted by Gasteiger charge is -2.47. The number of carbonyl (C=O) groups is 5. The van der Waals surface area contributed by atoms with Crippen LogP contribution in [0.4, 0.5) is 0 Å². The van der Waals surface area contributed by atoms with Crippen molar-refractivity contribution in [1.29, 1.82) is 0 Å². The highest BCUT2D eigenvalue weighted by atomic mass is 35.5. The first-order valence-electron chi connectivity index (χ1n) is 17.6. The molecule has 13 heteroatoms. The first-order valence-corrected chi connectivity index (χ1v) is 17.9. The SMILES string of the molecule is CCOC(=O)/C=C/C[C@H](N[C@@H]1OC(COC(=O)C(C)(C)C)[C@H](OC(=O)C(C)(C)C)C(OC(=O)C(C)(C)C)C1OC(=O)C(C)(C)C)c1ccc(Cl)cc1. The zero-order valence-corrected chi connectivity index (χ0v) is 33.7. The van der Waals surface area contributed by atoms with E-state index in [4.69, 9.17) is 40.0 Å². The van der Waals surface area contributed by atoms with E-state index < -0.39 is 94.8 Å². The third kappa shape index (κ3) is 13.5. The van der Waals surface area contributed by atoms with Gasteiger partial charge in [0.25, 0.3) is 0 Å². The van der Waals surface area contributed by atoms with Crippen LogP contribution in [0.2, 0.25) is 5.02 Å². The Bertz CT molecular complexity index is 1430. The van der Waals surface area contributed by atoms with Crippen LogP contribution in [0.15, 0.2) is 36.4 Å². The predicted octanol–water partition coefficient (Wildman–Crippen LogP) is 6.67. The van der Waals surface area contributed by atoms with Crippen LogP contribution < -0.4 is 5.32 Å². The van der Waals surface area contributed by atoms with Gasteiger partial charge in [0.2, 0.25) is 0 Å². The molecule has 2 rings (SSSR count). The van der Waals surface area contributed by atoms with E-state index in [1.807, 2.05) is 0 Å². The Morgan fingerprint density at radius 2 is 1.17 bits per heavy atom. The highest BCUT2D eigenvalue weighted by molar-refractivity contribution is 6.30. The average molecular weight is 752 g/mol. The summed E-state index contributed by atoms with van der Waals surface area (Å²) in [6.45, 7) is 21.5. The van der Waals surface area contributed by atoms with Crippen LogP contribution in [0.5, 0.6) is 0 Å². The fourth-order valence-corrected chi connectivity index (χ4v) is 4.67. The second-order valence-corrected chi connectivity index (χ2v) is 17.4. The van der Waals surface area contributed by atoms with Crippen LogP contribution >= 0.6 is 11.6 Å². The van der Waals surface area contributed by atoms with E-state index in [2.05, 4.69) is 5.32 Å². The molecule has 1 aromatic carbocycles. The topological polar surface area (TPSA) is 153 Å². The summed E-state index contributed by atoms with van der Waals surface area (Å²) in [5, 5.41) is 3.87. The molecular formula is C39H58ClNO11. The molecule has 0 bridgehead atoms. The van der Waals surface area contributed by atoms with Gasteiger partial charge in [-0.25, -0.2) is 4.79 Å². The Morgan fingerprint density at radius 1 is 0.712 bits per heavy atom. The summed E-state index contributed by atoms with van der Waals surface area (Å²) in [6.07, 6.45) is -3.46. The summed E-state index contributed by atoms with van der Waals surface area (Å²) in [5.74, 6) is -3.03. The second-order valence-electron chi connectivity index (χ2n) is 17.0. The molecule has 0 aliphatic carbocycles. The molecule has 0 amide bonds. The number of benzene rings is 1. The molecule has 0 aromatic heterocycles. The van der Waals surface area contributed by atoms with Gasteiger partial charge in [0.1, 0.15) is 12.7 Å². The monoisotopic (exact) mass is 751 g/mol. The normalized spacial score (nSPS) is 21.9. The lowest BCUT2D eigenvalue weighted by Crippen LogP contribution is -2.66. The first-order chi connectivity index (χ1) is 23.7. The molecule has 3 unspecified atom stereocenters. The molecule has 12 nitrogen and oxygen atoms in total. The molecule has 1 saturated heterocycles.